The zero-order chi connectivity index (χ0) is 14.7. The second-order valence-electron chi connectivity index (χ2n) is 4.84. The van der Waals surface area contributed by atoms with Gasteiger partial charge < -0.3 is 15.2 Å². The van der Waals surface area contributed by atoms with E-state index in [-0.39, 0.29) is 6.04 Å². The molecule has 1 atom stereocenters. The Labute approximate surface area is 128 Å². The molecular weight excluding hydrogens is 284 g/mol. The molecule has 1 aliphatic heterocycles. The van der Waals surface area contributed by atoms with E-state index in [1.165, 1.54) is 0 Å². The van der Waals surface area contributed by atoms with Crippen LogP contribution < -0.4 is 15.2 Å². The van der Waals surface area contributed by atoms with E-state index in [9.17, 15) is 0 Å². The summed E-state index contributed by atoms with van der Waals surface area (Å²) >= 11 is 1.65. The van der Waals surface area contributed by atoms with Gasteiger partial charge in [0.2, 0.25) is 0 Å². The molecule has 2 heterocycles. The number of rotatable bonds is 4. The van der Waals surface area contributed by atoms with Crippen LogP contribution in [0.25, 0.3) is 0 Å². The van der Waals surface area contributed by atoms with Crippen molar-refractivity contribution in [2.45, 2.75) is 29.2 Å². The van der Waals surface area contributed by atoms with Gasteiger partial charge in [0.05, 0.1) is 5.69 Å². The Bertz CT molecular complexity index is 616. The molecule has 0 spiro atoms. The number of fused-ring (bicyclic) bond motifs is 1. The van der Waals surface area contributed by atoms with Gasteiger partial charge in [-0.15, -0.1) is 0 Å². The van der Waals surface area contributed by atoms with Crippen LogP contribution in [0.2, 0.25) is 0 Å². The Morgan fingerprint density at radius 3 is 2.62 bits per heavy atom. The van der Waals surface area contributed by atoms with Crippen molar-refractivity contribution in [3.8, 4) is 11.5 Å². The summed E-state index contributed by atoms with van der Waals surface area (Å²) in [5.41, 5.74) is 6.91. The van der Waals surface area contributed by atoms with E-state index in [4.69, 9.17) is 15.2 Å². The van der Waals surface area contributed by atoms with Crippen LogP contribution in [0.4, 0.5) is 0 Å². The Morgan fingerprint density at radius 1 is 1.14 bits per heavy atom. The van der Waals surface area contributed by atoms with Crippen LogP contribution in [0.3, 0.4) is 0 Å². The molecule has 0 bridgehead atoms. The standard InChI is InChI=1S/C16H18N2O2S/c1-2-13(17)14-5-3-12(10-18-14)21-11-4-6-15-16(9-11)20-8-7-19-15/h3-6,9-10,13H,2,7-8,17H2,1H3/t13-/m1/s1. The summed E-state index contributed by atoms with van der Waals surface area (Å²) in [6, 6.07) is 10.0. The molecule has 1 aromatic heterocycles. The molecule has 1 aromatic carbocycles. The van der Waals surface area contributed by atoms with Crippen LogP contribution in [0.15, 0.2) is 46.3 Å². The second-order valence-corrected chi connectivity index (χ2v) is 5.99. The van der Waals surface area contributed by atoms with E-state index in [0.717, 1.165) is 33.4 Å². The fraction of sp³-hybridized carbons (Fsp3) is 0.312. The first kappa shape index (κ1) is 14.2. The van der Waals surface area contributed by atoms with Gasteiger partial charge in [0.25, 0.3) is 0 Å². The van der Waals surface area contributed by atoms with Gasteiger partial charge in [-0.3, -0.25) is 4.98 Å². The van der Waals surface area contributed by atoms with Crippen LogP contribution in [0.1, 0.15) is 25.1 Å². The third kappa shape index (κ3) is 3.31. The minimum Gasteiger partial charge on any atom is -0.486 e. The van der Waals surface area contributed by atoms with E-state index < -0.39 is 0 Å². The minimum absolute atomic E-state index is 0.0124. The first-order chi connectivity index (χ1) is 10.3. The van der Waals surface area contributed by atoms with Gasteiger partial charge in [-0.25, -0.2) is 0 Å². The Kier molecular flexibility index (Phi) is 4.31. The van der Waals surface area contributed by atoms with Gasteiger partial charge in [0.15, 0.2) is 11.5 Å². The molecule has 0 radical (unpaired) electrons. The van der Waals surface area contributed by atoms with Gasteiger partial charge in [-0.1, -0.05) is 18.7 Å². The number of ether oxygens (including phenoxy) is 2. The summed E-state index contributed by atoms with van der Waals surface area (Å²) < 4.78 is 11.1. The maximum absolute atomic E-state index is 5.97. The lowest BCUT2D eigenvalue weighted by Gasteiger charge is -2.18. The molecule has 110 valence electrons. The highest BCUT2D eigenvalue weighted by Gasteiger charge is 2.12. The molecule has 2 N–H and O–H groups in total. The largest absolute Gasteiger partial charge is 0.486 e. The molecule has 0 amide bonds. The number of nitrogens with zero attached hydrogens (tertiary/aromatic N) is 1. The average Bonchev–Trinajstić information content (AvgIpc) is 2.55. The summed E-state index contributed by atoms with van der Waals surface area (Å²) in [6.45, 7) is 3.28. The number of nitrogens with two attached hydrogens (primary N) is 1. The highest BCUT2D eigenvalue weighted by atomic mass is 32.2. The predicted molar refractivity (Wildman–Crippen MR) is 83.0 cm³/mol. The summed E-state index contributed by atoms with van der Waals surface area (Å²) in [5.74, 6) is 1.62. The van der Waals surface area contributed by atoms with Gasteiger partial charge in [-0.05, 0) is 36.8 Å². The first-order valence-corrected chi connectivity index (χ1v) is 7.87. The van der Waals surface area contributed by atoms with Crippen LogP contribution in [0, 0.1) is 0 Å². The lowest BCUT2D eigenvalue weighted by atomic mass is 10.1. The number of hydrogen-bond donors (Lipinski definition) is 1. The van der Waals surface area contributed by atoms with Gasteiger partial charge in [-0.2, -0.15) is 0 Å². The average molecular weight is 302 g/mol. The van der Waals surface area contributed by atoms with Crippen LogP contribution in [0.5, 0.6) is 11.5 Å². The SMILES string of the molecule is CC[C@@H](N)c1ccc(Sc2ccc3c(c2)OCCO3)cn1. The lowest BCUT2D eigenvalue weighted by molar-refractivity contribution is 0.171. The van der Waals surface area contributed by atoms with Gasteiger partial charge in [0.1, 0.15) is 13.2 Å². The van der Waals surface area contributed by atoms with Crippen LogP contribution in [-0.4, -0.2) is 18.2 Å². The van der Waals surface area contributed by atoms with Crippen LogP contribution in [-0.2, 0) is 0 Å². The molecule has 0 unspecified atom stereocenters. The van der Waals surface area contributed by atoms with E-state index in [1.54, 1.807) is 11.8 Å². The third-order valence-corrected chi connectivity index (χ3v) is 4.30. The molecule has 0 fully saturated rings. The second kappa shape index (κ2) is 6.37. The van der Waals surface area contributed by atoms with Crippen molar-refractivity contribution >= 4 is 11.8 Å². The normalized spacial score (nSPS) is 14.8. The van der Waals surface area contributed by atoms with Crippen molar-refractivity contribution in [3.05, 3.63) is 42.2 Å². The van der Waals surface area contributed by atoms with Crippen molar-refractivity contribution in [3.63, 3.8) is 0 Å². The molecule has 2 aromatic rings. The Hall–Kier alpha value is -1.72. The number of benzene rings is 1. The molecule has 0 saturated heterocycles. The maximum Gasteiger partial charge on any atom is 0.162 e. The summed E-state index contributed by atoms with van der Waals surface area (Å²) in [6.07, 6.45) is 2.76. The van der Waals surface area contributed by atoms with Gasteiger partial charge in [0, 0.05) is 22.0 Å². The minimum atomic E-state index is 0.0124. The first-order valence-electron chi connectivity index (χ1n) is 7.05. The maximum atomic E-state index is 5.97. The zero-order valence-electron chi connectivity index (χ0n) is 11.9. The van der Waals surface area contributed by atoms with Crippen LogP contribution >= 0.6 is 11.8 Å². The third-order valence-electron chi connectivity index (χ3n) is 3.33. The fourth-order valence-corrected chi connectivity index (χ4v) is 2.92. The highest BCUT2D eigenvalue weighted by Crippen LogP contribution is 2.36. The van der Waals surface area contributed by atoms with Crippen molar-refractivity contribution < 1.29 is 9.47 Å². The van der Waals surface area contributed by atoms with E-state index in [0.29, 0.717) is 13.2 Å². The van der Waals surface area contributed by atoms with Crippen molar-refractivity contribution in [2.24, 2.45) is 5.73 Å². The van der Waals surface area contributed by atoms with E-state index >= 15 is 0 Å². The van der Waals surface area contributed by atoms with E-state index in [2.05, 4.69) is 18.0 Å². The molecule has 3 rings (SSSR count). The Balaban J connectivity index is 1.74. The van der Waals surface area contributed by atoms with Crippen molar-refractivity contribution in [2.75, 3.05) is 13.2 Å². The molecule has 5 heteroatoms. The van der Waals surface area contributed by atoms with Gasteiger partial charge >= 0.3 is 0 Å². The van der Waals surface area contributed by atoms with E-state index in [1.807, 2.05) is 30.5 Å². The molecule has 4 nitrogen and oxygen atoms in total. The lowest BCUT2D eigenvalue weighted by Crippen LogP contribution is -2.15. The zero-order valence-corrected chi connectivity index (χ0v) is 12.7. The Morgan fingerprint density at radius 2 is 1.90 bits per heavy atom. The number of hydrogen-bond acceptors (Lipinski definition) is 5. The monoisotopic (exact) mass is 302 g/mol. The molecule has 1 aliphatic rings. The topological polar surface area (TPSA) is 57.4 Å². The summed E-state index contributed by atoms with van der Waals surface area (Å²) in [5, 5.41) is 0. The van der Waals surface area contributed by atoms with Crippen molar-refractivity contribution in [1.29, 1.82) is 0 Å². The quantitative estimate of drug-likeness (QED) is 0.938. The fourth-order valence-electron chi connectivity index (χ4n) is 2.10. The molecule has 0 aliphatic carbocycles. The molecular formula is C16H18N2O2S. The summed E-state index contributed by atoms with van der Waals surface area (Å²) in [4.78, 5) is 6.62. The summed E-state index contributed by atoms with van der Waals surface area (Å²) in [7, 11) is 0. The predicted octanol–water partition coefficient (Wildman–Crippen LogP) is 3.41. The van der Waals surface area contributed by atoms with Crippen molar-refractivity contribution in [1.82, 2.24) is 4.98 Å². The number of pyridine rings is 1. The number of aromatic nitrogens is 1. The molecule has 0 saturated carbocycles. The smallest absolute Gasteiger partial charge is 0.162 e. The molecule has 21 heavy (non-hydrogen) atoms. The highest BCUT2D eigenvalue weighted by molar-refractivity contribution is 7.99.